The zero-order chi connectivity index (χ0) is 15.3. The Morgan fingerprint density at radius 3 is 2.52 bits per heavy atom. The summed E-state index contributed by atoms with van der Waals surface area (Å²) >= 11 is 0. The summed E-state index contributed by atoms with van der Waals surface area (Å²) < 4.78 is 5.54. The highest BCUT2D eigenvalue weighted by Crippen LogP contribution is 2.37. The van der Waals surface area contributed by atoms with Gasteiger partial charge in [0.05, 0.1) is 13.2 Å². The summed E-state index contributed by atoms with van der Waals surface area (Å²) in [5.74, 6) is 1.11. The third kappa shape index (κ3) is 3.91. The third-order valence-electron chi connectivity index (χ3n) is 5.48. The lowest BCUT2D eigenvalue weighted by molar-refractivity contribution is 0.162. The average molecular weight is 295 g/mol. The number of hydrogen-bond donors (Lipinski definition) is 1. The van der Waals surface area contributed by atoms with Gasteiger partial charge in [-0.1, -0.05) is 20.8 Å². The van der Waals surface area contributed by atoms with Crippen molar-refractivity contribution in [1.82, 2.24) is 10.2 Å². The van der Waals surface area contributed by atoms with Gasteiger partial charge in [-0.2, -0.15) is 0 Å². The SMILES string of the molecule is CCNC(=NCC1(C)CCOC1)N1CCC(CC)(CC)C1. The van der Waals surface area contributed by atoms with Crippen molar-refractivity contribution in [3.8, 4) is 0 Å². The third-order valence-corrected chi connectivity index (χ3v) is 5.48. The maximum atomic E-state index is 5.54. The monoisotopic (exact) mass is 295 g/mol. The standard InChI is InChI=1S/C17H33N3O/c1-5-17(6-2)8-10-20(13-17)15(18-7-3)19-12-16(4)9-11-21-14-16/h5-14H2,1-4H3,(H,18,19). The summed E-state index contributed by atoms with van der Waals surface area (Å²) in [6.07, 6.45) is 4.96. The number of rotatable bonds is 5. The fourth-order valence-corrected chi connectivity index (χ4v) is 3.47. The molecular weight excluding hydrogens is 262 g/mol. The molecule has 4 nitrogen and oxygen atoms in total. The molecule has 2 fully saturated rings. The average Bonchev–Trinajstić information content (AvgIpc) is 3.11. The largest absolute Gasteiger partial charge is 0.381 e. The molecule has 0 saturated carbocycles. The van der Waals surface area contributed by atoms with Crippen LogP contribution in [0.1, 0.15) is 53.4 Å². The van der Waals surface area contributed by atoms with Crippen LogP contribution in [-0.2, 0) is 4.74 Å². The predicted octanol–water partition coefficient (Wildman–Crippen LogP) is 2.89. The molecule has 2 aliphatic rings. The summed E-state index contributed by atoms with van der Waals surface area (Å²) in [7, 11) is 0. The molecule has 1 unspecified atom stereocenters. The normalized spacial score (nSPS) is 29.1. The maximum Gasteiger partial charge on any atom is 0.193 e. The second-order valence-corrected chi connectivity index (χ2v) is 7.16. The molecule has 0 aromatic rings. The number of aliphatic imine (C=N–C) groups is 1. The topological polar surface area (TPSA) is 36.9 Å². The summed E-state index contributed by atoms with van der Waals surface area (Å²) in [4.78, 5) is 7.40. The van der Waals surface area contributed by atoms with Gasteiger partial charge in [0.2, 0.25) is 0 Å². The van der Waals surface area contributed by atoms with Crippen molar-refractivity contribution >= 4 is 5.96 Å². The van der Waals surface area contributed by atoms with Crippen molar-refractivity contribution in [3.05, 3.63) is 0 Å². The van der Waals surface area contributed by atoms with E-state index in [1.54, 1.807) is 0 Å². The molecule has 2 heterocycles. The van der Waals surface area contributed by atoms with Gasteiger partial charge >= 0.3 is 0 Å². The molecule has 122 valence electrons. The molecule has 1 atom stereocenters. The van der Waals surface area contributed by atoms with Gasteiger partial charge in [-0.15, -0.1) is 0 Å². The fourth-order valence-electron chi connectivity index (χ4n) is 3.47. The van der Waals surface area contributed by atoms with Gasteiger partial charge < -0.3 is 15.0 Å². The lowest BCUT2D eigenvalue weighted by Gasteiger charge is -2.28. The first kappa shape index (κ1) is 16.6. The number of nitrogens with zero attached hydrogens (tertiary/aromatic N) is 2. The van der Waals surface area contributed by atoms with Crippen LogP contribution in [0.25, 0.3) is 0 Å². The second-order valence-electron chi connectivity index (χ2n) is 7.16. The van der Waals surface area contributed by atoms with Crippen LogP contribution in [0, 0.1) is 10.8 Å². The fraction of sp³-hybridized carbons (Fsp3) is 0.941. The van der Waals surface area contributed by atoms with E-state index in [0.29, 0.717) is 5.41 Å². The molecular formula is C17H33N3O. The number of hydrogen-bond acceptors (Lipinski definition) is 2. The predicted molar refractivity (Wildman–Crippen MR) is 88.7 cm³/mol. The van der Waals surface area contributed by atoms with E-state index in [2.05, 4.69) is 37.9 Å². The van der Waals surface area contributed by atoms with Crippen molar-refractivity contribution in [2.75, 3.05) is 39.4 Å². The molecule has 0 aliphatic carbocycles. The molecule has 0 amide bonds. The van der Waals surface area contributed by atoms with Gasteiger partial charge in [0.15, 0.2) is 5.96 Å². The molecule has 0 aromatic heterocycles. The second kappa shape index (κ2) is 6.99. The zero-order valence-corrected chi connectivity index (χ0v) is 14.4. The maximum absolute atomic E-state index is 5.54. The Hall–Kier alpha value is -0.770. The Kier molecular flexibility index (Phi) is 5.53. The van der Waals surface area contributed by atoms with Crippen molar-refractivity contribution in [1.29, 1.82) is 0 Å². The smallest absolute Gasteiger partial charge is 0.193 e. The minimum atomic E-state index is 0.229. The first-order chi connectivity index (χ1) is 10.1. The van der Waals surface area contributed by atoms with E-state index in [4.69, 9.17) is 9.73 Å². The van der Waals surface area contributed by atoms with Crippen LogP contribution in [0.2, 0.25) is 0 Å². The molecule has 2 aliphatic heterocycles. The highest BCUT2D eigenvalue weighted by atomic mass is 16.5. The summed E-state index contributed by atoms with van der Waals surface area (Å²) in [6.45, 7) is 14.9. The molecule has 4 heteroatoms. The number of guanidine groups is 1. The molecule has 2 saturated heterocycles. The highest BCUT2D eigenvalue weighted by Gasteiger charge is 2.36. The Morgan fingerprint density at radius 2 is 2.00 bits per heavy atom. The first-order valence-electron chi connectivity index (χ1n) is 8.67. The number of ether oxygens (including phenoxy) is 1. The lowest BCUT2D eigenvalue weighted by atomic mass is 9.82. The Bertz CT molecular complexity index is 357. The van der Waals surface area contributed by atoms with Crippen LogP contribution in [0.15, 0.2) is 4.99 Å². The van der Waals surface area contributed by atoms with Crippen LogP contribution in [0.5, 0.6) is 0 Å². The number of likely N-dealkylation sites (tertiary alicyclic amines) is 1. The van der Waals surface area contributed by atoms with Crippen LogP contribution < -0.4 is 5.32 Å². The summed E-state index contributed by atoms with van der Waals surface area (Å²) in [5, 5.41) is 3.49. The molecule has 21 heavy (non-hydrogen) atoms. The van der Waals surface area contributed by atoms with Crippen molar-refractivity contribution in [2.24, 2.45) is 15.8 Å². The van der Waals surface area contributed by atoms with Crippen molar-refractivity contribution in [3.63, 3.8) is 0 Å². The van der Waals surface area contributed by atoms with E-state index >= 15 is 0 Å². The molecule has 2 rings (SSSR count). The zero-order valence-electron chi connectivity index (χ0n) is 14.4. The van der Waals surface area contributed by atoms with Gasteiger partial charge in [-0.25, -0.2) is 0 Å². The summed E-state index contributed by atoms with van der Waals surface area (Å²) in [5.41, 5.74) is 0.726. The van der Waals surface area contributed by atoms with Crippen LogP contribution in [0.3, 0.4) is 0 Å². The lowest BCUT2D eigenvalue weighted by Crippen LogP contribution is -2.42. The quantitative estimate of drug-likeness (QED) is 0.626. The van der Waals surface area contributed by atoms with Gasteiger partial charge in [0, 0.05) is 31.7 Å². The Morgan fingerprint density at radius 1 is 1.24 bits per heavy atom. The number of nitrogens with one attached hydrogen (secondary N) is 1. The molecule has 0 radical (unpaired) electrons. The van der Waals surface area contributed by atoms with Gasteiger partial charge in [0.25, 0.3) is 0 Å². The van der Waals surface area contributed by atoms with E-state index in [9.17, 15) is 0 Å². The van der Waals surface area contributed by atoms with Gasteiger partial charge in [0.1, 0.15) is 0 Å². The molecule has 0 aromatic carbocycles. The van der Waals surface area contributed by atoms with Crippen molar-refractivity contribution < 1.29 is 4.74 Å². The van der Waals surface area contributed by atoms with Crippen LogP contribution in [0.4, 0.5) is 0 Å². The van der Waals surface area contributed by atoms with Crippen LogP contribution in [-0.4, -0.2) is 50.3 Å². The molecule has 0 bridgehead atoms. The Balaban J connectivity index is 2.02. The minimum absolute atomic E-state index is 0.229. The van der Waals surface area contributed by atoms with Gasteiger partial charge in [-0.3, -0.25) is 4.99 Å². The van der Waals surface area contributed by atoms with E-state index in [0.717, 1.165) is 51.8 Å². The highest BCUT2D eigenvalue weighted by molar-refractivity contribution is 5.80. The molecule has 1 N–H and O–H groups in total. The van der Waals surface area contributed by atoms with E-state index < -0.39 is 0 Å². The minimum Gasteiger partial charge on any atom is -0.381 e. The molecule has 0 spiro atoms. The summed E-state index contributed by atoms with van der Waals surface area (Å²) in [6, 6.07) is 0. The van der Waals surface area contributed by atoms with E-state index in [1.165, 1.54) is 19.3 Å². The van der Waals surface area contributed by atoms with E-state index in [1.807, 2.05) is 0 Å². The first-order valence-corrected chi connectivity index (χ1v) is 8.67. The van der Waals surface area contributed by atoms with Crippen molar-refractivity contribution in [2.45, 2.75) is 53.4 Å². The van der Waals surface area contributed by atoms with E-state index in [-0.39, 0.29) is 5.41 Å². The van der Waals surface area contributed by atoms with Gasteiger partial charge in [-0.05, 0) is 38.0 Å². The Labute approximate surface area is 130 Å². The van der Waals surface area contributed by atoms with Crippen LogP contribution >= 0.6 is 0 Å².